The van der Waals surface area contributed by atoms with Gasteiger partial charge in [-0.15, -0.1) is 0 Å². The van der Waals surface area contributed by atoms with Crippen molar-refractivity contribution in [3.8, 4) is 0 Å². The second-order valence-corrected chi connectivity index (χ2v) is 18.7. The van der Waals surface area contributed by atoms with Gasteiger partial charge in [0, 0.05) is 26.0 Å². The number of hydrogen-bond acceptors (Lipinski definition) is 21. The Morgan fingerprint density at radius 1 is 0.603 bits per heavy atom. The maximum atomic E-state index is 11.9. The summed E-state index contributed by atoms with van der Waals surface area (Å²) in [4.78, 5) is 76.1. The Morgan fingerprint density at radius 2 is 1.01 bits per heavy atom. The summed E-state index contributed by atoms with van der Waals surface area (Å²) in [5.74, 6) is 9.07. The highest BCUT2D eigenvalue weighted by Gasteiger charge is 2.22. The molecule has 404 valence electrons. The first kappa shape index (κ1) is 74.9. The van der Waals surface area contributed by atoms with Crippen LogP contribution in [0.25, 0.3) is 0 Å². The van der Waals surface area contributed by atoms with E-state index in [1.807, 2.05) is 27.8 Å². The van der Waals surface area contributed by atoms with Gasteiger partial charge in [-0.1, -0.05) is 6.42 Å². The third kappa shape index (κ3) is 75.7. The number of rotatable bonds is 14. The molecule has 0 bridgehead atoms. The van der Waals surface area contributed by atoms with Crippen LogP contribution in [0.2, 0.25) is 0 Å². The zero-order chi connectivity index (χ0) is 54.6. The van der Waals surface area contributed by atoms with Crippen molar-refractivity contribution in [3.63, 3.8) is 0 Å². The van der Waals surface area contributed by atoms with E-state index in [0.717, 1.165) is 32.2 Å². The van der Waals surface area contributed by atoms with E-state index in [9.17, 15) is 28.8 Å². The standard InChI is InChI=1S/C17H33N3O4.C14H25N3O5.C7H16N2O2.C3H9NO.2CH6N2/c1-16(2,3)23-14(21)19-13(11-9-8-10-12-18-7)20-15(22)24-17(4,5)6;1-13(2,3)21-11(19)16-10(15-8-7-9-18)17-12(20)22-14(4,5)6;1-7(2,3)11-6(10)5-9-8-4;4-2-1-3-5;2*1-3-2/h18H,8-12H2,1-7H3,(H,19,20,21,22);9H,7-8H2,1-6H3,(H2,15,16,17,19,20);8-9H,5H2,1-4H3;5H,1-4H2;2*3H,2H2,1H3. The second-order valence-electron chi connectivity index (χ2n) is 18.7. The topological polar surface area (TPSA) is 368 Å². The Balaban J connectivity index is -0.000000198. The average Bonchev–Trinajstić information content (AvgIpc) is 3.12. The number of carbonyl (C=O) groups is 6. The molecule has 0 aromatic heterocycles. The van der Waals surface area contributed by atoms with Crippen molar-refractivity contribution in [2.24, 2.45) is 27.4 Å². The summed E-state index contributed by atoms with van der Waals surface area (Å²) < 4.78 is 25.5. The number of esters is 1. The van der Waals surface area contributed by atoms with Crippen molar-refractivity contribution in [1.29, 1.82) is 0 Å². The summed E-state index contributed by atoms with van der Waals surface area (Å²) in [6, 6.07) is 0. The normalized spacial score (nSPS) is 11.1. The molecule has 0 atom stereocenters. The first-order chi connectivity index (χ1) is 31.1. The van der Waals surface area contributed by atoms with Crippen LogP contribution in [0.1, 0.15) is 142 Å². The lowest BCUT2D eigenvalue weighted by molar-refractivity contribution is -0.153. The fourth-order valence-corrected chi connectivity index (χ4v) is 3.50. The number of hydrazine groups is 3. The predicted molar refractivity (Wildman–Crippen MR) is 267 cm³/mol. The number of unbranched alkanes of at least 4 members (excludes halogenated alkanes) is 2. The van der Waals surface area contributed by atoms with Crippen molar-refractivity contribution in [1.82, 2.24) is 43.0 Å². The fraction of sp³-hybridized carbons (Fsp3) is 0.814. The minimum atomic E-state index is -0.770. The molecule has 0 saturated carbocycles. The zero-order valence-electron chi connectivity index (χ0n) is 44.9. The maximum absolute atomic E-state index is 11.9. The molecule has 0 spiro atoms. The highest BCUT2D eigenvalue weighted by atomic mass is 16.6. The van der Waals surface area contributed by atoms with Gasteiger partial charge in [-0.25, -0.2) is 24.6 Å². The molecule has 0 heterocycles. The Bertz CT molecular complexity index is 1350. The smallest absolute Gasteiger partial charge is 0.435 e. The van der Waals surface area contributed by atoms with Gasteiger partial charge in [0.15, 0.2) is 0 Å². The van der Waals surface area contributed by atoms with E-state index in [0.29, 0.717) is 19.3 Å². The van der Waals surface area contributed by atoms with Crippen molar-refractivity contribution in [2.75, 3.05) is 61.0 Å². The Kier molecular flexibility index (Phi) is 48.1. The summed E-state index contributed by atoms with van der Waals surface area (Å²) in [6.07, 6.45) is 1.94. The number of nitrogens with two attached hydrogens (primary N) is 3. The maximum Gasteiger partial charge on any atom is 0.435 e. The molecule has 25 nitrogen and oxygen atoms in total. The quantitative estimate of drug-likeness (QED) is 0.0174. The van der Waals surface area contributed by atoms with Crippen molar-refractivity contribution >= 4 is 48.4 Å². The van der Waals surface area contributed by atoms with E-state index in [1.54, 1.807) is 104 Å². The number of nitrogens with zero attached hydrogens (tertiary/aromatic N) is 2. The van der Waals surface area contributed by atoms with Crippen LogP contribution in [0.5, 0.6) is 0 Å². The number of ether oxygens (including phenoxy) is 5. The van der Waals surface area contributed by atoms with Crippen LogP contribution in [-0.2, 0) is 33.3 Å². The molecule has 0 rings (SSSR count). The molecule has 0 radical (unpaired) electrons. The summed E-state index contributed by atoms with van der Waals surface area (Å²) in [7, 11) is 6.91. The van der Waals surface area contributed by atoms with Crippen LogP contribution in [-0.4, -0.2) is 143 Å². The molecule has 25 heteroatoms. The van der Waals surface area contributed by atoms with Gasteiger partial charge >= 0.3 is 30.3 Å². The summed E-state index contributed by atoms with van der Waals surface area (Å²) in [5.41, 5.74) is 11.7. The number of carbonyl (C=O) groups excluding carboxylic acids is 6. The van der Waals surface area contributed by atoms with Crippen LogP contribution >= 0.6 is 0 Å². The molecular formula is C43H95N13O12. The largest absolute Gasteiger partial charge is 0.459 e. The molecule has 0 aliphatic heterocycles. The van der Waals surface area contributed by atoms with Gasteiger partial charge in [-0.05, 0) is 164 Å². The van der Waals surface area contributed by atoms with E-state index in [-0.39, 0.29) is 43.9 Å². The Labute approximate surface area is 407 Å². The van der Waals surface area contributed by atoms with Crippen LogP contribution in [0.3, 0.4) is 0 Å². The summed E-state index contributed by atoms with van der Waals surface area (Å²) >= 11 is 0. The lowest BCUT2D eigenvalue weighted by atomic mass is 10.2. The molecule has 0 saturated heterocycles. The number of aldehydes is 1. The van der Waals surface area contributed by atoms with Gasteiger partial charge in [0.05, 0.1) is 0 Å². The van der Waals surface area contributed by atoms with E-state index in [4.69, 9.17) is 34.5 Å². The minimum absolute atomic E-state index is 0.116. The van der Waals surface area contributed by atoms with Crippen molar-refractivity contribution in [3.05, 3.63) is 0 Å². The number of aliphatic hydroxyl groups excluding tert-OH is 1. The lowest BCUT2D eigenvalue weighted by Gasteiger charge is -2.22. The number of aliphatic imine (C=N–C) groups is 2. The van der Waals surface area contributed by atoms with Crippen molar-refractivity contribution < 1.29 is 57.6 Å². The molecular weight excluding hydrogens is 891 g/mol. The number of nitrogens with one attached hydrogen (secondary N) is 8. The summed E-state index contributed by atoms with van der Waals surface area (Å²) in [6.45, 7) is 28.4. The number of amidine groups is 1. The van der Waals surface area contributed by atoms with E-state index in [1.165, 1.54) is 0 Å². The van der Waals surface area contributed by atoms with Gasteiger partial charge in [0.25, 0.3) is 0 Å². The second kappa shape index (κ2) is 43.7. The molecule has 15 N–H and O–H groups in total. The number of amides is 4. The molecule has 0 aliphatic rings. The summed E-state index contributed by atoms with van der Waals surface area (Å²) in [5, 5.41) is 18.2. The number of aliphatic hydroxyl groups is 1. The first-order valence-electron chi connectivity index (χ1n) is 22.2. The molecule has 4 amide bonds. The van der Waals surface area contributed by atoms with E-state index in [2.05, 4.69) is 64.6 Å². The van der Waals surface area contributed by atoms with E-state index < -0.39 is 52.4 Å². The predicted octanol–water partition coefficient (Wildman–Crippen LogP) is 3.14. The monoisotopic (exact) mass is 986 g/mol. The molecule has 0 fully saturated rings. The first-order valence-corrected chi connectivity index (χ1v) is 22.2. The zero-order valence-corrected chi connectivity index (χ0v) is 44.9. The van der Waals surface area contributed by atoms with Crippen LogP contribution in [0, 0.1) is 0 Å². The highest BCUT2D eigenvalue weighted by molar-refractivity contribution is 6.01. The highest BCUT2D eigenvalue weighted by Crippen LogP contribution is 2.11. The third-order valence-corrected chi connectivity index (χ3v) is 5.55. The van der Waals surface area contributed by atoms with Gasteiger partial charge in [-0.2, -0.15) is 4.99 Å². The van der Waals surface area contributed by atoms with Gasteiger partial charge in [-0.3, -0.25) is 53.7 Å². The number of alkyl carbamates (subject to hydrolysis) is 3. The molecule has 0 unspecified atom stereocenters. The number of guanidine groups is 1. The average molecular weight is 986 g/mol. The number of hydrogen-bond donors (Lipinski definition) is 12. The van der Waals surface area contributed by atoms with Crippen LogP contribution in [0.4, 0.5) is 19.2 Å². The Morgan fingerprint density at radius 3 is 1.34 bits per heavy atom. The minimum Gasteiger partial charge on any atom is -0.459 e. The van der Waals surface area contributed by atoms with E-state index >= 15 is 0 Å². The lowest BCUT2D eigenvalue weighted by Crippen LogP contribution is -2.47. The van der Waals surface area contributed by atoms with Crippen LogP contribution in [0.15, 0.2) is 9.98 Å². The van der Waals surface area contributed by atoms with Crippen LogP contribution < -0.4 is 60.4 Å². The Hall–Kier alpha value is -4.60. The molecule has 0 aromatic rings. The SMILES string of the molecule is CC(C)(C)OC(=O)NC(=NCCC=O)NC(=O)OC(C)(C)C.CNCCCCCC(=NC(=O)OC(C)(C)C)NC(=O)OC(C)(C)C.CNN.CNN.CNNCC(=O)OC(C)(C)C.NCCCO. The van der Waals surface area contributed by atoms with Crippen molar-refractivity contribution in [2.45, 2.75) is 170 Å². The molecule has 0 aliphatic carbocycles. The molecule has 0 aromatic carbocycles. The van der Waals surface area contributed by atoms with Gasteiger partial charge in [0.2, 0.25) is 5.96 Å². The van der Waals surface area contributed by atoms with Gasteiger partial charge < -0.3 is 44.6 Å². The van der Waals surface area contributed by atoms with Gasteiger partial charge in [0.1, 0.15) is 46.7 Å². The fourth-order valence-electron chi connectivity index (χ4n) is 3.50. The third-order valence-electron chi connectivity index (χ3n) is 5.55. The molecule has 68 heavy (non-hydrogen) atoms.